The minimum atomic E-state index is -0.489. The molecule has 5 nitrogen and oxygen atoms in total. The molecule has 0 aliphatic carbocycles. The van der Waals surface area contributed by atoms with Gasteiger partial charge in [0.05, 0.1) is 12.0 Å². The van der Waals surface area contributed by atoms with E-state index in [-0.39, 0.29) is 18.9 Å². The van der Waals surface area contributed by atoms with E-state index in [1.54, 1.807) is 39.2 Å². The molecule has 0 unspecified atom stereocenters. The lowest BCUT2D eigenvalue weighted by Gasteiger charge is -2.11. The van der Waals surface area contributed by atoms with Gasteiger partial charge in [-0.2, -0.15) is 0 Å². The number of aryl methyl sites for hydroxylation is 1. The summed E-state index contributed by atoms with van der Waals surface area (Å²) in [5, 5.41) is 0. The smallest absolute Gasteiger partial charge is 0.340 e. The third-order valence-electron chi connectivity index (χ3n) is 2.56. The highest BCUT2D eigenvalue weighted by atomic mass is 16.5. The largest absolute Gasteiger partial charge is 0.461 e. The SMILES string of the molecule is Cc1cccc(N)c1C(=O)OCCC(=O)N(C)C. The first-order valence-corrected chi connectivity index (χ1v) is 5.66. The van der Waals surface area contributed by atoms with Crippen LogP contribution in [0.5, 0.6) is 0 Å². The number of benzene rings is 1. The Labute approximate surface area is 107 Å². The van der Waals surface area contributed by atoms with E-state index in [2.05, 4.69) is 0 Å². The molecule has 0 aliphatic heterocycles. The summed E-state index contributed by atoms with van der Waals surface area (Å²) in [7, 11) is 3.31. The number of hydrogen-bond acceptors (Lipinski definition) is 4. The van der Waals surface area contributed by atoms with Gasteiger partial charge < -0.3 is 15.4 Å². The van der Waals surface area contributed by atoms with Crippen LogP contribution in [0.3, 0.4) is 0 Å². The lowest BCUT2D eigenvalue weighted by Crippen LogP contribution is -2.23. The van der Waals surface area contributed by atoms with Crippen LogP contribution >= 0.6 is 0 Å². The molecule has 1 aromatic carbocycles. The first-order valence-electron chi connectivity index (χ1n) is 5.66. The molecular formula is C13H18N2O3. The van der Waals surface area contributed by atoms with Crippen molar-refractivity contribution in [1.82, 2.24) is 4.90 Å². The van der Waals surface area contributed by atoms with E-state index >= 15 is 0 Å². The second-order valence-corrected chi connectivity index (χ2v) is 4.21. The molecule has 0 saturated carbocycles. The van der Waals surface area contributed by atoms with Gasteiger partial charge in [-0.25, -0.2) is 4.79 Å². The van der Waals surface area contributed by atoms with Crippen molar-refractivity contribution >= 4 is 17.6 Å². The number of nitrogens with two attached hydrogens (primary N) is 1. The lowest BCUT2D eigenvalue weighted by molar-refractivity contribution is -0.129. The summed E-state index contributed by atoms with van der Waals surface area (Å²) in [6.07, 6.45) is 0.171. The molecule has 0 heterocycles. The molecule has 1 rings (SSSR count). The highest BCUT2D eigenvalue weighted by Crippen LogP contribution is 2.17. The van der Waals surface area contributed by atoms with E-state index < -0.39 is 5.97 Å². The van der Waals surface area contributed by atoms with Crippen molar-refractivity contribution in [2.24, 2.45) is 0 Å². The standard InChI is InChI=1S/C13H18N2O3/c1-9-5-4-6-10(14)12(9)13(17)18-8-7-11(16)15(2)3/h4-6H,7-8,14H2,1-3H3. The quantitative estimate of drug-likeness (QED) is 0.644. The highest BCUT2D eigenvalue weighted by molar-refractivity contribution is 5.96. The maximum Gasteiger partial charge on any atom is 0.340 e. The van der Waals surface area contributed by atoms with Crippen LogP contribution in [0.1, 0.15) is 22.3 Å². The summed E-state index contributed by atoms with van der Waals surface area (Å²) in [5.41, 5.74) is 7.25. The summed E-state index contributed by atoms with van der Waals surface area (Å²) in [6.45, 7) is 1.85. The highest BCUT2D eigenvalue weighted by Gasteiger charge is 2.14. The molecule has 0 fully saturated rings. The summed E-state index contributed by atoms with van der Waals surface area (Å²) < 4.78 is 5.04. The summed E-state index contributed by atoms with van der Waals surface area (Å²) in [4.78, 5) is 24.6. The Morgan fingerprint density at radius 1 is 1.33 bits per heavy atom. The van der Waals surface area contributed by atoms with Crippen molar-refractivity contribution < 1.29 is 14.3 Å². The third-order valence-corrected chi connectivity index (χ3v) is 2.56. The van der Waals surface area contributed by atoms with Crippen LogP contribution in [-0.4, -0.2) is 37.5 Å². The maximum absolute atomic E-state index is 11.8. The van der Waals surface area contributed by atoms with E-state index in [9.17, 15) is 9.59 Å². The normalized spacial score (nSPS) is 9.94. The molecule has 0 aliphatic rings. The van der Waals surface area contributed by atoms with Gasteiger partial charge in [-0.1, -0.05) is 12.1 Å². The number of carbonyl (C=O) groups is 2. The Morgan fingerprint density at radius 2 is 2.00 bits per heavy atom. The van der Waals surface area contributed by atoms with Crippen LogP contribution in [0.2, 0.25) is 0 Å². The van der Waals surface area contributed by atoms with Gasteiger partial charge in [-0.05, 0) is 18.6 Å². The number of nitrogens with zero attached hydrogens (tertiary/aromatic N) is 1. The van der Waals surface area contributed by atoms with Gasteiger partial charge in [0.15, 0.2) is 0 Å². The second kappa shape index (κ2) is 6.05. The molecule has 98 valence electrons. The van der Waals surface area contributed by atoms with Crippen molar-refractivity contribution in [3.05, 3.63) is 29.3 Å². The number of hydrogen-bond donors (Lipinski definition) is 1. The fourth-order valence-corrected chi connectivity index (χ4v) is 1.50. The number of carbonyl (C=O) groups excluding carboxylic acids is 2. The van der Waals surface area contributed by atoms with Crippen LogP contribution in [0.4, 0.5) is 5.69 Å². The van der Waals surface area contributed by atoms with Crippen LogP contribution < -0.4 is 5.73 Å². The molecule has 2 N–H and O–H groups in total. The Balaban J connectivity index is 2.59. The topological polar surface area (TPSA) is 72.6 Å². The summed E-state index contributed by atoms with van der Waals surface area (Å²) >= 11 is 0. The predicted octanol–water partition coefficient (Wildman–Crippen LogP) is 1.21. The van der Waals surface area contributed by atoms with E-state index in [1.165, 1.54) is 4.90 Å². The van der Waals surface area contributed by atoms with Gasteiger partial charge in [0.2, 0.25) is 5.91 Å². The first kappa shape index (κ1) is 14.0. The molecule has 5 heteroatoms. The van der Waals surface area contributed by atoms with E-state index in [1.807, 2.05) is 0 Å². The van der Waals surface area contributed by atoms with E-state index in [0.29, 0.717) is 11.3 Å². The van der Waals surface area contributed by atoms with Crippen molar-refractivity contribution in [1.29, 1.82) is 0 Å². The number of ether oxygens (including phenoxy) is 1. The molecule has 0 aromatic heterocycles. The average Bonchev–Trinajstić information content (AvgIpc) is 2.28. The van der Waals surface area contributed by atoms with Crippen LogP contribution in [0.25, 0.3) is 0 Å². The fourth-order valence-electron chi connectivity index (χ4n) is 1.50. The number of amides is 1. The number of nitrogen functional groups attached to an aromatic ring is 1. The zero-order valence-corrected chi connectivity index (χ0v) is 10.9. The monoisotopic (exact) mass is 250 g/mol. The fraction of sp³-hybridized carbons (Fsp3) is 0.385. The number of anilines is 1. The van der Waals surface area contributed by atoms with Crippen LogP contribution in [0, 0.1) is 6.92 Å². The maximum atomic E-state index is 11.8. The molecular weight excluding hydrogens is 232 g/mol. The van der Waals surface area contributed by atoms with Crippen LogP contribution in [0.15, 0.2) is 18.2 Å². The Morgan fingerprint density at radius 3 is 2.56 bits per heavy atom. The predicted molar refractivity (Wildman–Crippen MR) is 69.2 cm³/mol. The molecule has 0 radical (unpaired) electrons. The van der Waals surface area contributed by atoms with Gasteiger partial charge >= 0.3 is 5.97 Å². The zero-order chi connectivity index (χ0) is 13.7. The second-order valence-electron chi connectivity index (χ2n) is 4.21. The van der Waals surface area contributed by atoms with Gasteiger partial charge in [0.25, 0.3) is 0 Å². The van der Waals surface area contributed by atoms with Crippen molar-refractivity contribution in [3.8, 4) is 0 Å². The van der Waals surface area contributed by atoms with Crippen molar-refractivity contribution in [3.63, 3.8) is 0 Å². The van der Waals surface area contributed by atoms with Gasteiger partial charge in [-0.15, -0.1) is 0 Å². The zero-order valence-electron chi connectivity index (χ0n) is 10.9. The Hall–Kier alpha value is -2.04. The Kier molecular flexibility index (Phi) is 4.71. The number of rotatable bonds is 4. The Bertz CT molecular complexity index is 435. The molecule has 0 spiro atoms. The molecule has 0 saturated heterocycles. The molecule has 1 aromatic rings. The van der Waals surface area contributed by atoms with E-state index in [0.717, 1.165) is 5.56 Å². The average molecular weight is 250 g/mol. The van der Waals surface area contributed by atoms with E-state index in [4.69, 9.17) is 10.5 Å². The van der Waals surface area contributed by atoms with Crippen molar-refractivity contribution in [2.75, 3.05) is 26.4 Å². The first-order chi connectivity index (χ1) is 8.43. The van der Waals surface area contributed by atoms with Crippen molar-refractivity contribution in [2.45, 2.75) is 13.3 Å². The molecule has 18 heavy (non-hydrogen) atoms. The minimum Gasteiger partial charge on any atom is -0.461 e. The van der Waals surface area contributed by atoms with Gasteiger partial charge in [0, 0.05) is 19.8 Å². The summed E-state index contributed by atoms with van der Waals surface area (Å²) in [5.74, 6) is -0.572. The molecule has 1 amide bonds. The molecule has 0 atom stereocenters. The number of esters is 1. The minimum absolute atomic E-state index is 0.0591. The van der Waals surface area contributed by atoms with Gasteiger partial charge in [0.1, 0.15) is 6.61 Å². The molecule has 0 bridgehead atoms. The van der Waals surface area contributed by atoms with Gasteiger partial charge in [-0.3, -0.25) is 4.79 Å². The third kappa shape index (κ3) is 3.48. The van der Waals surface area contributed by atoms with Crippen LogP contribution in [-0.2, 0) is 9.53 Å². The lowest BCUT2D eigenvalue weighted by atomic mass is 10.1. The summed E-state index contributed by atoms with van der Waals surface area (Å²) in [6, 6.07) is 5.21.